The minimum absolute atomic E-state index is 0.0375. The monoisotopic (exact) mass is 368 g/mol. The molecule has 0 bridgehead atoms. The summed E-state index contributed by atoms with van der Waals surface area (Å²) in [5, 5.41) is 0. The molecule has 1 unspecified atom stereocenters. The fraction of sp³-hybridized carbons (Fsp3) is 0.364. The largest absolute Gasteiger partial charge is 0.493 e. The van der Waals surface area contributed by atoms with E-state index in [1.54, 1.807) is 32.4 Å². The summed E-state index contributed by atoms with van der Waals surface area (Å²) in [5.41, 5.74) is 3.55. The van der Waals surface area contributed by atoms with E-state index in [1.807, 2.05) is 31.0 Å². The number of allylic oxidation sites excluding steroid dienone is 3. The Bertz CT molecular complexity index is 806. The molecule has 2 heterocycles. The molecule has 0 radical (unpaired) electrons. The smallest absolute Gasteiger partial charge is 0.257 e. The predicted molar refractivity (Wildman–Crippen MR) is 111 cm³/mol. The van der Waals surface area contributed by atoms with Gasteiger partial charge in [0.05, 0.1) is 31.5 Å². The first-order valence-corrected chi connectivity index (χ1v) is 9.18. The van der Waals surface area contributed by atoms with Crippen molar-refractivity contribution in [1.29, 1.82) is 0 Å². The Hall–Kier alpha value is -2.82. The first kappa shape index (κ1) is 20.5. The number of carbonyl (C=O) groups is 1. The second-order valence-corrected chi connectivity index (χ2v) is 6.11. The van der Waals surface area contributed by atoms with Gasteiger partial charge in [-0.05, 0) is 25.0 Å². The zero-order valence-electron chi connectivity index (χ0n) is 16.8. The van der Waals surface area contributed by atoms with Crippen LogP contribution in [-0.4, -0.2) is 43.8 Å². The van der Waals surface area contributed by atoms with Crippen LogP contribution in [0, 0.1) is 0 Å². The zero-order chi connectivity index (χ0) is 20.0. The van der Waals surface area contributed by atoms with Crippen molar-refractivity contribution >= 4 is 17.8 Å². The maximum atomic E-state index is 13.1. The molecule has 1 aromatic carbocycles. The van der Waals surface area contributed by atoms with Crippen molar-refractivity contribution in [2.24, 2.45) is 4.99 Å². The molecule has 1 atom stereocenters. The fourth-order valence-corrected chi connectivity index (χ4v) is 3.20. The van der Waals surface area contributed by atoms with Crippen molar-refractivity contribution in [1.82, 2.24) is 4.90 Å². The summed E-state index contributed by atoms with van der Waals surface area (Å²) in [5.74, 6) is 1.06. The summed E-state index contributed by atoms with van der Waals surface area (Å²) in [6.07, 6.45) is 8.33. The number of carbonyl (C=O) groups excluding carboxylic acids is 1. The Morgan fingerprint density at radius 2 is 1.89 bits per heavy atom. The van der Waals surface area contributed by atoms with E-state index < -0.39 is 0 Å². The molecule has 144 valence electrons. The minimum Gasteiger partial charge on any atom is -0.493 e. The van der Waals surface area contributed by atoms with Crippen LogP contribution in [0.2, 0.25) is 0 Å². The molecule has 27 heavy (non-hydrogen) atoms. The highest BCUT2D eigenvalue weighted by Crippen LogP contribution is 2.38. The zero-order valence-corrected chi connectivity index (χ0v) is 16.8. The van der Waals surface area contributed by atoms with E-state index in [0.29, 0.717) is 29.3 Å². The highest BCUT2D eigenvalue weighted by atomic mass is 16.5. The van der Waals surface area contributed by atoms with Crippen molar-refractivity contribution in [3.8, 4) is 11.5 Å². The molecule has 0 saturated carbocycles. The molecule has 5 heteroatoms. The second kappa shape index (κ2) is 9.21. The van der Waals surface area contributed by atoms with Gasteiger partial charge >= 0.3 is 0 Å². The minimum atomic E-state index is -0.0648. The van der Waals surface area contributed by atoms with Crippen LogP contribution in [0.5, 0.6) is 11.5 Å². The second-order valence-electron chi connectivity index (χ2n) is 6.11. The van der Waals surface area contributed by atoms with Gasteiger partial charge in [0.15, 0.2) is 11.5 Å². The first-order valence-electron chi connectivity index (χ1n) is 9.18. The van der Waals surface area contributed by atoms with Crippen LogP contribution in [0.1, 0.15) is 37.6 Å². The van der Waals surface area contributed by atoms with Gasteiger partial charge in [0.25, 0.3) is 5.91 Å². The average molecular weight is 368 g/mol. The van der Waals surface area contributed by atoms with E-state index in [9.17, 15) is 4.79 Å². The number of methoxy groups -OCH3 is 2. The lowest BCUT2D eigenvalue weighted by Crippen LogP contribution is -2.44. The van der Waals surface area contributed by atoms with Gasteiger partial charge in [0, 0.05) is 18.8 Å². The lowest BCUT2D eigenvalue weighted by atomic mass is 9.94. The summed E-state index contributed by atoms with van der Waals surface area (Å²) in [4.78, 5) is 19.5. The van der Waals surface area contributed by atoms with Crippen LogP contribution in [0.4, 0.5) is 5.69 Å². The first-order chi connectivity index (χ1) is 13.1. The van der Waals surface area contributed by atoms with Crippen LogP contribution < -0.4 is 9.47 Å². The van der Waals surface area contributed by atoms with E-state index >= 15 is 0 Å². The van der Waals surface area contributed by atoms with Crippen LogP contribution in [-0.2, 0) is 0 Å². The SMILES string of the molecule is C=C/C=C\C1=C(C)CN2C(=O)c3cc(OC)c(OC)cc3N=CC2C1.CC. The molecule has 0 aliphatic carbocycles. The summed E-state index contributed by atoms with van der Waals surface area (Å²) in [7, 11) is 3.13. The topological polar surface area (TPSA) is 51.1 Å². The molecule has 2 aliphatic heterocycles. The Labute approximate surface area is 161 Å². The number of ether oxygens (including phenoxy) is 2. The molecule has 3 rings (SSSR count). The predicted octanol–water partition coefficient (Wildman–Crippen LogP) is 4.72. The highest BCUT2D eigenvalue weighted by molar-refractivity contribution is 6.03. The third-order valence-corrected chi connectivity index (χ3v) is 4.60. The standard InChI is InChI=1S/C20H22N2O3.C2H6/c1-5-6-7-14-8-15-11-21-17-10-19(25-4)18(24-3)9-16(17)20(23)22(15)12-13(14)2;1-2/h5-7,9-11,15H,1,8,12H2,2-4H3;1-2H3/b7-6-;. The molecule has 2 aliphatic rings. The number of fused-ring (bicyclic) bond motifs is 2. The Balaban J connectivity index is 0.00000126. The fourth-order valence-electron chi connectivity index (χ4n) is 3.20. The van der Waals surface area contributed by atoms with E-state index in [0.717, 1.165) is 6.42 Å². The molecule has 0 aromatic heterocycles. The molecule has 0 spiro atoms. The Morgan fingerprint density at radius 1 is 1.22 bits per heavy atom. The van der Waals surface area contributed by atoms with Crippen molar-refractivity contribution in [3.05, 3.63) is 53.6 Å². The van der Waals surface area contributed by atoms with Crippen LogP contribution in [0.25, 0.3) is 0 Å². The Kier molecular flexibility index (Phi) is 6.99. The molecule has 1 aromatic rings. The molecule has 0 fully saturated rings. The van der Waals surface area contributed by atoms with Crippen molar-refractivity contribution < 1.29 is 14.3 Å². The maximum absolute atomic E-state index is 13.1. The van der Waals surface area contributed by atoms with Gasteiger partial charge in [-0.1, -0.05) is 44.2 Å². The summed E-state index contributed by atoms with van der Waals surface area (Å²) in [6.45, 7) is 10.4. The lowest BCUT2D eigenvalue weighted by molar-refractivity contribution is 0.0737. The van der Waals surface area contributed by atoms with Gasteiger partial charge in [-0.3, -0.25) is 9.79 Å². The van der Waals surface area contributed by atoms with E-state index in [-0.39, 0.29) is 11.9 Å². The molecule has 0 N–H and O–H groups in total. The average Bonchev–Trinajstić information content (AvgIpc) is 2.83. The van der Waals surface area contributed by atoms with Gasteiger partial charge in [-0.25, -0.2) is 0 Å². The van der Waals surface area contributed by atoms with Crippen molar-refractivity contribution in [2.75, 3.05) is 20.8 Å². The normalized spacial score (nSPS) is 18.3. The van der Waals surface area contributed by atoms with Crippen molar-refractivity contribution in [3.63, 3.8) is 0 Å². The quantitative estimate of drug-likeness (QED) is 0.723. The van der Waals surface area contributed by atoms with Gasteiger partial charge in [-0.15, -0.1) is 0 Å². The van der Waals surface area contributed by atoms with Crippen molar-refractivity contribution in [2.45, 2.75) is 33.2 Å². The van der Waals surface area contributed by atoms with Crippen LogP contribution in [0.3, 0.4) is 0 Å². The number of benzene rings is 1. The van der Waals surface area contributed by atoms with Gasteiger partial charge in [0.1, 0.15) is 0 Å². The molecular formula is C22H28N2O3. The molecular weight excluding hydrogens is 340 g/mol. The number of hydrogen-bond acceptors (Lipinski definition) is 4. The molecule has 1 amide bonds. The highest BCUT2D eigenvalue weighted by Gasteiger charge is 2.32. The van der Waals surface area contributed by atoms with Gasteiger partial charge in [0.2, 0.25) is 0 Å². The van der Waals surface area contributed by atoms with Gasteiger partial charge in [-0.2, -0.15) is 0 Å². The lowest BCUT2D eigenvalue weighted by Gasteiger charge is -2.34. The third kappa shape index (κ3) is 4.13. The third-order valence-electron chi connectivity index (χ3n) is 4.60. The summed E-state index contributed by atoms with van der Waals surface area (Å²) >= 11 is 0. The molecule has 0 saturated heterocycles. The van der Waals surface area contributed by atoms with Crippen LogP contribution >= 0.6 is 0 Å². The summed E-state index contributed by atoms with van der Waals surface area (Å²) < 4.78 is 10.7. The number of aliphatic imine (C=N–C) groups is 1. The van der Waals surface area contributed by atoms with E-state index in [4.69, 9.17) is 9.47 Å². The summed E-state index contributed by atoms with van der Waals surface area (Å²) in [6, 6.07) is 3.40. The number of hydrogen-bond donors (Lipinski definition) is 0. The van der Waals surface area contributed by atoms with E-state index in [2.05, 4.69) is 24.6 Å². The number of amides is 1. The Morgan fingerprint density at radius 3 is 2.52 bits per heavy atom. The maximum Gasteiger partial charge on any atom is 0.257 e. The van der Waals surface area contributed by atoms with E-state index in [1.165, 1.54) is 11.1 Å². The number of nitrogens with zero attached hydrogens (tertiary/aromatic N) is 2. The number of rotatable bonds is 4. The van der Waals surface area contributed by atoms with Crippen LogP contribution in [0.15, 0.2) is 53.1 Å². The van der Waals surface area contributed by atoms with Gasteiger partial charge < -0.3 is 14.4 Å². The molecule has 5 nitrogen and oxygen atoms in total.